The summed E-state index contributed by atoms with van der Waals surface area (Å²) in [4.78, 5) is 11.7. The minimum absolute atomic E-state index is 0.153. The number of rotatable bonds is 7. The van der Waals surface area contributed by atoms with E-state index in [1.165, 1.54) is 0 Å². The molecule has 100 valence electrons. The maximum absolute atomic E-state index is 11.7. The fourth-order valence-corrected chi connectivity index (χ4v) is 1.81. The number of ether oxygens (including phenoxy) is 2. The van der Waals surface area contributed by atoms with Crippen LogP contribution in [0.2, 0.25) is 0 Å². The molecule has 4 nitrogen and oxygen atoms in total. The average Bonchev–Trinajstić information content (AvgIpc) is 2.34. The van der Waals surface area contributed by atoms with Crippen LogP contribution in [-0.2, 0) is 14.3 Å². The van der Waals surface area contributed by atoms with Crippen LogP contribution in [0.4, 0.5) is 0 Å². The molecule has 1 fully saturated rings. The predicted octanol–water partition coefficient (Wildman–Crippen LogP) is 1.59. The lowest BCUT2D eigenvalue weighted by Crippen LogP contribution is -2.35. The Morgan fingerprint density at radius 2 is 2.12 bits per heavy atom. The van der Waals surface area contributed by atoms with Gasteiger partial charge in [-0.15, -0.1) is 0 Å². The summed E-state index contributed by atoms with van der Waals surface area (Å²) >= 11 is 0. The van der Waals surface area contributed by atoms with Crippen molar-refractivity contribution < 1.29 is 14.3 Å². The molecule has 1 heterocycles. The van der Waals surface area contributed by atoms with E-state index in [1.807, 2.05) is 0 Å². The fraction of sp³-hybridized carbons (Fsp3) is 0.923. The van der Waals surface area contributed by atoms with Gasteiger partial charge in [-0.2, -0.15) is 0 Å². The fourth-order valence-electron chi connectivity index (χ4n) is 1.81. The highest BCUT2D eigenvalue weighted by Crippen LogP contribution is 2.14. The second kappa shape index (κ2) is 8.48. The van der Waals surface area contributed by atoms with E-state index in [1.54, 1.807) is 0 Å². The van der Waals surface area contributed by atoms with Crippen LogP contribution in [-0.4, -0.2) is 38.9 Å². The molecule has 1 amide bonds. The van der Waals surface area contributed by atoms with Gasteiger partial charge in [0.2, 0.25) is 5.91 Å². The summed E-state index contributed by atoms with van der Waals surface area (Å²) in [6, 6.07) is 0. The summed E-state index contributed by atoms with van der Waals surface area (Å²) < 4.78 is 10.7. The van der Waals surface area contributed by atoms with Gasteiger partial charge in [0.15, 0.2) is 0 Å². The highest BCUT2D eigenvalue weighted by Gasteiger charge is 2.20. The van der Waals surface area contributed by atoms with Crippen molar-refractivity contribution >= 4 is 5.91 Å². The number of amides is 1. The molecule has 0 saturated carbocycles. The molecule has 4 heteroatoms. The first kappa shape index (κ1) is 14.5. The standard InChI is InChI=1S/C13H25NO3/c1-11(2)10-17-7-3-6-14-13(15)12-4-8-16-9-5-12/h11-12H,3-10H2,1-2H3,(H,14,15). The first-order valence-corrected chi connectivity index (χ1v) is 6.63. The Kier molecular flexibility index (Phi) is 7.21. The van der Waals surface area contributed by atoms with E-state index in [2.05, 4.69) is 19.2 Å². The van der Waals surface area contributed by atoms with E-state index < -0.39 is 0 Å². The van der Waals surface area contributed by atoms with E-state index in [4.69, 9.17) is 9.47 Å². The molecule has 1 N–H and O–H groups in total. The van der Waals surface area contributed by atoms with Crippen molar-refractivity contribution in [1.29, 1.82) is 0 Å². The first-order valence-electron chi connectivity index (χ1n) is 6.63. The highest BCUT2D eigenvalue weighted by atomic mass is 16.5. The predicted molar refractivity (Wildman–Crippen MR) is 66.8 cm³/mol. The van der Waals surface area contributed by atoms with Gasteiger partial charge >= 0.3 is 0 Å². The zero-order valence-electron chi connectivity index (χ0n) is 11.0. The maximum atomic E-state index is 11.7. The van der Waals surface area contributed by atoms with Crippen molar-refractivity contribution in [2.24, 2.45) is 11.8 Å². The number of nitrogens with one attached hydrogen (secondary N) is 1. The quantitative estimate of drug-likeness (QED) is 0.691. The SMILES string of the molecule is CC(C)COCCCNC(=O)C1CCOCC1. The Morgan fingerprint density at radius 3 is 2.76 bits per heavy atom. The van der Waals surface area contributed by atoms with Crippen molar-refractivity contribution in [2.45, 2.75) is 33.1 Å². The van der Waals surface area contributed by atoms with Crippen molar-refractivity contribution in [2.75, 3.05) is 33.0 Å². The Balaban J connectivity index is 1.96. The summed E-state index contributed by atoms with van der Waals surface area (Å²) in [5.74, 6) is 0.907. The van der Waals surface area contributed by atoms with Crippen molar-refractivity contribution in [3.8, 4) is 0 Å². The topological polar surface area (TPSA) is 47.6 Å². The van der Waals surface area contributed by atoms with Gasteiger partial charge in [0.25, 0.3) is 0 Å². The minimum Gasteiger partial charge on any atom is -0.381 e. The molecule has 17 heavy (non-hydrogen) atoms. The minimum atomic E-state index is 0.153. The molecule has 0 spiro atoms. The smallest absolute Gasteiger partial charge is 0.223 e. The molecular weight excluding hydrogens is 218 g/mol. The van der Waals surface area contributed by atoms with Crippen LogP contribution in [0.1, 0.15) is 33.1 Å². The van der Waals surface area contributed by atoms with E-state index in [9.17, 15) is 4.79 Å². The summed E-state index contributed by atoms with van der Waals surface area (Å²) in [7, 11) is 0. The highest BCUT2D eigenvalue weighted by molar-refractivity contribution is 5.78. The summed E-state index contributed by atoms with van der Waals surface area (Å²) in [6.45, 7) is 7.94. The van der Waals surface area contributed by atoms with Gasteiger partial charge in [0, 0.05) is 38.9 Å². The third kappa shape index (κ3) is 6.64. The van der Waals surface area contributed by atoms with Crippen LogP contribution >= 0.6 is 0 Å². The lowest BCUT2D eigenvalue weighted by atomic mass is 9.99. The zero-order valence-corrected chi connectivity index (χ0v) is 11.0. The molecule has 0 aromatic rings. The summed E-state index contributed by atoms with van der Waals surface area (Å²) in [5.41, 5.74) is 0. The summed E-state index contributed by atoms with van der Waals surface area (Å²) in [6.07, 6.45) is 2.60. The number of hydrogen-bond donors (Lipinski definition) is 1. The molecule has 0 aliphatic carbocycles. The molecule has 0 atom stereocenters. The van der Waals surface area contributed by atoms with Crippen molar-refractivity contribution in [3.05, 3.63) is 0 Å². The van der Waals surface area contributed by atoms with E-state index in [-0.39, 0.29) is 11.8 Å². The van der Waals surface area contributed by atoms with Crippen LogP contribution in [0.15, 0.2) is 0 Å². The number of hydrogen-bond acceptors (Lipinski definition) is 3. The normalized spacial score (nSPS) is 17.4. The Bertz CT molecular complexity index is 213. The average molecular weight is 243 g/mol. The Hall–Kier alpha value is -0.610. The molecule has 0 bridgehead atoms. The Labute approximate surface area is 104 Å². The molecule has 0 radical (unpaired) electrons. The molecule has 1 saturated heterocycles. The van der Waals surface area contributed by atoms with Crippen LogP contribution in [0, 0.1) is 11.8 Å². The van der Waals surface area contributed by atoms with Crippen molar-refractivity contribution in [1.82, 2.24) is 5.32 Å². The largest absolute Gasteiger partial charge is 0.381 e. The second-order valence-electron chi connectivity index (χ2n) is 5.00. The van der Waals surface area contributed by atoms with E-state index >= 15 is 0 Å². The second-order valence-corrected chi connectivity index (χ2v) is 5.00. The summed E-state index contributed by atoms with van der Waals surface area (Å²) in [5, 5.41) is 2.97. The van der Waals surface area contributed by atoms with Gasteiger partial charge in [-0.3, -0.25) is 4.79 Å². The zero-order chi connectivity index (χ0) is 12.5. The van der Waals surface area contributed by atoms with E-state index in [0.717, 1.165) is 45.7 Å². The molecule has 0 aromatic carbocycles. The van der Waals surface area contributed by atoms with Gasteiger partial charge in [0.05, 0.1) is 0 Å². The maximum Gasteiger partial charge on any atom is 0.223 e. The lowest BCUT2D eigenvalue weighted by molar-refractivity contribution is -0.127. The van der Waals surface area contributed by atoms with Gasteiger partial charge < -0.3 is 14.8 Å². The van der Waals surface area contributed by atoms with Gasteiger partial charge in [-0.25, -0.2) is 0 Å². The third-order valence-corrected chi connectivity index (χ3v) is 2.81. The van der Waals surface area contributed by atoms with Gasteiger partial charge in [-0.05, 0) is 25.2 Å². The van der Waals surface area contributed by atoms with Gasteiger partial charge in [-0.1, -0.05) is 13.8 Å². The van der Waals surface area contributed by atoms with Crippen LogP contribution in [0.3, 0.4) is 0 Å². The van der Waals surface area contributed by atoms with E-state index in [0.29, 0.717) is 12.5 Å². The molecule has 0 unspecified atom stereocenters. The Morgan fingerprint density at radius 1 is 1.41 bits per heavy atom. The first-order chi connectivity index (χ1) is 8.20. The molecule has 1 aliphatic heterocycles. The lowest BCUT2D eigenvalue weighted by Gasteiger charge is -2.21. The van der Waals surface area contributed by atoms with Crippen LogP contribution < -0.4 is 5.32 Å². The number of carbonyl (C=O) groups is 1. The third-order valence-electron chi connectivity index (χ3n) is 2.81. The number of carbonyl (C=O) groups excluding carboxylic acids is 1. The molecule has 1 aliphatic rings. The molecular formula is C13H25NO3. The van der Waals surface area contributed by atoms with Crippen molar-refractivity contribution in [3.63, 3.8) is 0 Å². The van der Waals surface area contributed by atoms with Crippen LogP contribution in [0.5, 0.6) is 0 Å². The van der Waals surface area contributed by atoms with Crippen LogP contribution in [0.25, 0.3) is 0 Å². The molecule has 0 aromatic heterocycles. The van der Waals surface area contributed by atoms with Gasteiger partial charge in [0.1, 0.15) is 0 Å². The monoisotopic (exact) mass is 243 g/mol. The molecule has 1 rings (SSSR count).